The topological polar surface area (TPSA) is 130 Å². The second-order valence-electron chi connectivity index (χ2n) is 4.15. The number of aliphatic carboxylic acids is 2. The second-order valence-corrected chi connectivity index (χ2v) is 4.15. The van der Waals surface area contributed by atoms with Gasteiger partial charge < -0.3 is 21.3 Å². The first-order valence-corrected chi connectivity index (χ1v) is 5.43. The summed E-state index contributed by atoms with van der Waals surface area (Å²) in [6.07, 6.45) is -5.41. The Morgan fingerprint density at radius 3 is 1.85 bits per heavy atom. The van der Waals surface area contributed by atoms with E-state index in [0.717, 1.165) is 0 Å². The molecule has 1 amide bonds. The van der Waals surface area contributed by atoms with Crippen molar-refractivity contribution in [1.82, 2.24) is 5.32 Å². The summed E-state index contributed by atoms with van der Waals surface area (Å²) in [5.74, 6) is -3.89. The van der Waals surface area contributed by atoms with Gasteiger partial charge in [-0.2, -0.15) is 13.2 Å². The Labute approximate surface area is 112 Å². The molecule has 0 spiro atoms. The lowest BCUT2D eigenvalue weighted by Crippen LogP contribution is -2.43. The van der Waals surface area contributed by atoms with Crippen molar-refractivity contribution in [1.29, 1.82) is 0 Å². The van der Waals surface area contributed by atoms with E-state index in [1.807, 2.05) is 13.8 Å². The number of carbonyl (C=O) groups is 3. The quantitative estimate of drug-likeness (QED) is 0.574. The van der Waals surface area contributed by atoms with Crippen molar-refractivity contribution in [3.8, 4) is 0 Å². The van der Waals surface area contributed by atoms with E-state index in [0.29, 0.717) is 12.5 Å². The number of hydrogen-bond acceptors (Lipinski definition) is 4. The molecule has 0 radical (unpaired) electrons. The SMILES string of the molecule is CC(C)CNC(=O)[C@@H](N)CC(=O)O.O=C(O)C(F)(F)F. The Kier molecular flexibility index (Phi) is 9.34. The maximum atomic E-state index is 11.1. The predicted octanol–water partition coefficient (Wildman–Crippen LogP) is 0.194. The van der Waals surface area contributed by atoms with Gasteiger partial charge in [0, 0.05) is 6.54 Å². The van der Waals surface area contributed by atoms with Crippen molar-refractivity contribution in [3.63, 3.8) is 0 Å². The van der Waals surface area contributed by atoms with Crippen LogP contribution >= 0.6 is 0 Å². The lowest BCUT2D eigenvalue weighted by Gasteiger charge is -2.11. The van der Waals surface area contributed by atoms with Crippen molar-refractivity contribution in [2.45, 2.75) is 32.5 Å². The highest BCUT2D eigenvalue weighted by Crippen LogP contribution is 2.13. The van der Waals surface area contributed by atoms with Gasteiger partial charge in [-0.1, -0.05) is 13.8 Å². The summed E-state index contributed by atoms with van der Waals surface area (Å²) in [5.41, 5.74) is 5.31. The average Bonchev–Trinajstić information content (AvgIpc) is 2.24. The van der Waals surface area contributed by atoms with E-state index in [2.05, 4.69) is 5.32 Å². The summed E-state index contributed by atoms with van der Waals surface area (Å²) < 4.78 is 31.7. The third-order valence-corrected chi connectivity index (χ3v) is 1.66. The van der Waals surface area contributed by atoms with Gasteiger partial charge in [0.05, 0.1) is 12.5 Å². The van der Waals surface area contributed by atoms with E-state index in [4.69, 9.17) is 20.7 Å². The maximum absolute atomic E-state index is 11.1. The molecule has 0 saturated heterocycles. The first-order valence-electron chi connectivity index (χ1n) is 5.43. The maximum Gasteiger partial charge on any atom is 0.490 e. The molecule has 0 rings (SSSR count). The smallest absolute Gasteiger partial charge is 0.481 e. The number of halogens is 3. The number of carboxylic acid groups (broad SMARTS) is 2. The van der Waals surface area contributed by atoms with E-state index < -0.39 is 30.1 Å². The Morgan fingerprint density at radius 2 is 1.60 bits per heavy atom. The van der Waals surface area contributed by atoms with Gasteiger partial charge in [-0.3, -0.25) is 9.59 Å². The number of nitrogens with one attached hydrogen (secondary N) is 1. The molecule has 0 saturated carbocycles. The van der Waals surface area contributed by atoms with E-state index in [1.54, 1.807) is 0 Å². The fraction of sp³-hybridized carbons (Fsp3) is 0.700. The molecule has 0 fully saturated rings. The van der Waals surface area contributed by atoms with Gasteiger partial charge in [-0.25, -0.2) is 4.79 Å². The third kappa shape index (κ3) is 12.6. The zero-order valence-corrected chi connectivity index (χ0v) is 10.9. The molecule has 7 nitrogen and oxygen atoms in total. The second kappa shape index (κ2) is 9.13. The van der Waals surface area contributed by atoms with Gasteiger partial charge in [-0.15, -0.1) is 0 Å². The normalized spacial score (nSPS) is 12.2. The molecule has 0 aliphatic heterocycles. The number of carbonyl (C=O) groups excluding carboxylic acids is 1. The van der Waals surface area contributed by atoms with Gasteiger partial charge in [0.2, 0.25) is 5.91 Å². The lowest BCUT2D eigenvalue weighted by molar-refractivity contribution is -0.192. The lowest BCUT2D eigenvalue weighted by atomic mass is 10.2. The van der Waals surface area contributed by atoms with Crippen LogP contribution in [0.4, 0.5) is 13.2 Å². The van der Waals surface area contributed by atoms with E-state index in [9.17, 15) is 22.8 Å². The van der Waals surface area contributed by atoms with Crippen LogP contribution in [0.25, 0.3) is 0 Å². The van der Waals surface area contributed by atoms with E-state index >= 15 is 0 Å². The van der Waals surface area contributed by atoms with Crippen molar-refractivity contribution < 1.29 is 37.8 Å². The molecule has 0 bridgehead atoms. The van der Waals surface area contributed by atoms with Crippen molar-refractivity contribution in [3.05, 3.63) is 0 Å². The highest BCUT2D eigenvalue weighted by Gasteiger charge is 2.38. The summed E-state index contributed by atoms with van der Waals surface area (Å²) in [6.45, 7) is 4.41. The first kappa shape index (κ1) is 20.5. The third-order valence-electron chi connectivity index (χ3n) is 1.66. The predicted molar refractivity (Wildman–Crippen MR) is 61.8 cm³/mol. The molecule has 0 aliphatic rings. The van der Waals surface area contributed by atoms with E-state index in [-0.39, 0.29) is 6.42 Å². The number of alkyl halides is 3. The Balaban J connectivity index is 0. The first-order chi connectivity index (χ1) is 8.87. The Morgan fingerprint density at radius 1 is 1.20 bits per heavy atom. The van der Waals surface area contributed by atoms with E-state index in [1.165, 1.54) is 0 Å². The minimum atomic E-state index is -5.08. The summed E-state index contributed by atoms with van der Waals surface area (Å²) in [4.78, 5) is 30.2. The van der Waals surface area contributed by atoms with Crippen LogP contribution < -0.4 is 11.1 Å². The molecule has 118 valence electrons. The molecular formula is C10H17F3N2O5. The van der Waals surface area contributed by atoms with Gasteiger partial charge >= 0.3 is 18.1 Å². The number of amides is 1. The number of rotatable bonds is 5. The van der Waals surface area contributed by atoms with Crippen molar-refractivity contribution in [2.75, 3.05) is 6.54 Å². The summed E-state index contributed by atoms with van der Waals surface area (Å²) >= 11 is 0. The molecule has 10 heteroatoms. The van der Waals surface area contributed by atoms with Gasteiger partial charge in [-0.05, 0) is 5.92 Å². The van der Waals surface area contributed by atoms with Crippen LogP contribution in [0.2, 0.25) is 0 Å². The molecule has 0 heterocycles. The standard InChI is InChI=1S/C8H16N2O3.C2HF3O2/c1-5(2)4-10-8(13)6(9)3-7(11)12;3-2(4,5)1(6)7/h5-6H,3-4,9H2,1-2H3,(H,10,13)(H,11,12);(H,6,7)/t6-;/m0./s1. The Hall–Kier alpha value is -1.84. The van der Waals surface area contributed by atoms with Crippen LogP contribution in [0, 0.1) is 5.92 Å². The zero-order valence-electron chi connectivity index (χ0n) is 10.9. The highest BCUT2D eigenvalue weighted by atomic mass is 19.4. The number of hydrogen-bond donors (Lipinski definition) is 4. The molecule has 20 heavy (non-hydrogen) atoms. The van der Waals surface area contributed by atoms with Gasteiger partial charge in [0.1, 0.15) is 0 Å². The zero-order chi connectivity index (χ0) is 16.5. The minimum Gasteiger partial charge on any atom is -0.481 e. The van der Waals surface area contributed by atoms with Crippen LogP contribution in [0.3, 0.4) is 0 Å². The molecule has 0 aliphatic carbocycles. The van der Waals surface area contributed by atoms with Crippen LogP contribution in [-0.4, -0.2) is 46.8 Å². The molecule has 0 unspecified atom stereocenters. The average molecular weight is 302 g/mol. The summed E-state index contributed by atoms with van der Waals surface area (Å²) in [5, 5.41) is 18.0. The molecule has 1 atom stereocenters. The highest BCUT2D eigenvalue weighted by molar-refractivity contribution is 5.85. The number of carboxylic acids is 2. The Bertz CT molecular complexity index is 344. The van der Waals surface area contributed by atoms with Crippen molar-refractivity contribution in [2.24, 2.45) is 11.7 Å². The number of nitrogens with two attached hydrogens (primary N) is 1. The fourth-order valence-corrected chi connectivity index (χ4v) is 0.717. The molecule has 5 N–H and O–H groups in total. The minimum absolute atomic E-state index is 0.329. The molecule has 0 aromatic carbocycles. The van der Waals surface area contributed by atoms with Crippen LogP contribution in [-0.2, 0) is 14.4 Å². The fourth-order valence-electron chi connectivity index (χ4n) is 0.717. The van der Waals surface area contributed by atoms with Crippen LogP contribution in [0.1, 0.15) is 20.3 Å². The molecule has 0 aromatic heterocycles. The summed E-state index contributed by atoms with van der Waals surface area (Å²) in [6, 6.07) is -0.948. The van der Waals surface area contributed by atoms with Crippen LogP contribution in [0.15, 0.2) is 0 Å². The summed E-state index contributed by atoms with van der Waals surface area (Å²) in [7, 11) is 0. The monoisotopic (exact) mass is 302 g/mol. The van der Waals surface area contributed by atoms with Gasteiger partial charge in [0.25, 0.3) is 0 Å². The molecular weight excluding hydrogens is 285 g/mol. The van der Waals surface area contributed by atoms with Crippen LogP contribution in [0.5, 0.6) is 0 Å². The largest absolute Gasteiger partial charge is 0.490 e. The molecule has 0 aromatic rings. The van der Waals surface area contributed by atoms with Gasteiger partial charge in [0.15, 0.2) is 0 Å². The van der Waals surface area contributed by atoms with Crippen molar-refractivity contribution >= 4 is 17.8 Å².